The summed E-state index contributed by atoms with van der Waals surface area (Å²) < 4.78 is 22.5. The Bertz CT molecular complexity index is 496. The van der Waals surface area contributed by atoms with Gasteiger partial charge in [-0.1, -0.05) is 0 Å². The maximum Gasteiger partial charge on any atom is 0.263 e. The number of nitrogens with zero attached hydrogens (tertiary/aromatic N) is 1. The van der Waals surface area contributed by atoms with Gasteiger partial charge in [-0.3, -0.25) is 4.79 Å². The number of halogens is 1. The van der Waals surface area contributed by atoms with Crippen molar-refractivity contribution in [2.75, 3.05) is 23.9 Å². The average molecular weight is 306 g/mol. The number of hydrogen-bond donors (Lipinski definition) is 2. The summed E-state index contributed by atoms with van der Waals surface area (Å²) in [5, 5.41) is 14.2. The van der Waals surface area contributed by atoms with Crippen molar-refractivity contribution >= 4 is 27.3 Å². The number of alkyl halides is 1. The molecule has 0 radical (unpaired) electrons. The van der Waals surface area contributed by atoms with Crippen LogP contribution < -0.4 is 10.6 Å². The van der Waals surface area contributed by atoms with Crippen LogP contribution in [0.5, 0.6) is 0 Å². The molecule has 106 valence electrons. The standard InChI is InChI=1S/C11H16ClN3O3S/c12-3-1-4-14-11(16)9(6-13)7-15-10-2-5-19(17,18)8-10/h7,10,15H,1-5,8H2,(H,14,16)/b9-7-. The fourth-order valence-electron chi connectivity index (χ4n) is 1.64. The second kappa shape index (κ2) is 7.36. The Morgan fingerprint density at radius 2 is 2.26 bits per heavy atom. The molecule has 0 aliphatic carbocycles. The lowest BCUT2D eigenvalue weighted by Gasteiger charge is -2.08. The summed E-state index contributed by atoms with van der Waals surface area (Å²) in [6.45, 7) is 0.402. The predicted molar refractivity (Wildman–Crippen MR) is 72.2 cm³/mol. The Labute approximate surface area is 117 Å². The van der Waals surface area contributed by atoms with Gasteiger partial charge in [-0.15, -0.1) is 11.6 Å². The van der Waals surface area contributed by atoms with Crippen molar-refractivity contribution < 1.29 is 13.2 Å². The minimum absolute atomic E-state index is 0.0378. The van der Waals surface area contributed by atoms with E-state index in [9.17, 15) is 13.2 Å². The van der Waals surface area contributed by atoms with E-state index in [-0.39, 0.29) is 23.1 Å². The summed E-state index contributed by atoms with van der Waals surface area (Å²) >= 11 is 5.47. The zero-order valence-electron chi connectivity index (χ0n) is 10.4. The molecule has 1 unspecified atom stereocenters. The third-order valence-electron chi connectivity index (χ3n) is 2.66. The van der Waals surface area contributed by atoms with Gasteiger partial charge in [0.05, 0.1) is 11.5 Å². The first-order valence-electron chi connectivity index (χ1n) is 5.89. The van der Waals surface area contributed by atoms with Crippen molar-refractivity contribution in [2.24, 2.45) is 0 Å². The van der Waals surface area contributed by atoms with Gasteiger partial charge >= 0.3 is 0 Å². The minimum atomic E-state index is -2.98. The average Bonchev–Trinajstić information content (AvgIpc) is 2.70. The van der Waals surface area contributed by atoms with Crippen LogP contribution in [0.25, 0.3) is 0 Å². The molecule has 1 atom stereocenters. The number of nitrogens with one attached hydrogen (secondary N) is 2. The van der Waals surface area contributed by atoms with Gasteiger partial charge in [0, 0.05) is 24.7 Å². The second-order valence-electron chi connectivity index (χ2n) is 4.23. The smallest absolute Gasteiger partial charge is 0.263 e. The summed E-state index contributed by atoms with van der Waals surface area (Å²) in [6.07, 6.45) is 2.40. The molecule has 0 aromatic heterocycles. The minimum Gasteiger partial charge on any atom is -0.386 e. The molecule has 1 fully saturated rings. The van der Waals surface area contributed by atoms with E-state index < -0.39 is 15.7 Å². The maximum atomic E-state index is 11.6. The lowest BCUT2D eigenvalue weighted by Crippen LogP contribution is -2.30. The molecule has 0 saturated carbocycles. The molecule has 6 nitrogen and oxygen atoms in total. The third-order valence-corrected chi connectivity index (χ3v) is 4.69. The molecule has 1 heterocycles. The van der Waals surface area contributed by atoms with Crippen LogP contribution in [0.1, 0.15) is 12.8 Å². The van der Waals surface area contributed by atoms with Crippen molar-refractivity contribution in [3.05, 3.63) is 11.8 Å². The number of hydrogen-bond acceptors (Lipinski definition) is 5. The van der Waals surface area contributed by atoms with Gasteiger partial charge in [0.25, 0.3) is 5.91 Å². The van der Waals surface area contributed by atoms with Gasteiger partial charge in [-0.2, -0.15) is 5.26 Å². The van der Waals surface area contributed by atoms with Crippen LogP contribution in [0.2, 0.25) is 0 Å². The van der Waals surface area contributed by atoms with Gasteiger partial charge in [0.2, 0.25) is 0 Å². The van der Waals surface area contributed by atoms with Crippen molar-refractivity contribution in [1.29, 1.82) is 5.26 Å². The molecule has 19 heavy (non-hydrogen) atoms. The van der Waals surface area contributed by atoms with Crippen molar-refractivity contribution in [3.63, 3.8) is 0 Å². The topological polar surface area (TPSA) is 99.1 Å². The van der Waals surface area contributed by atoms with Crippen molar-refractivity contribution in [2.45, 2.75) is 18.9 Å². The Morgan fingerprint density at radius 3 is 2.79 bits per heavy atom. The zero-order valence-corrected chi connectivity index (χ0v) is 11.9. The number of sulfone groups is 1. The van der Waals surface area contributed by atoms with E-state index in [2.05, 4.69) is 10.6 Å². The molecule has 1 aliphatic rings. The fourth-order valence-corrected chi connectivity index (χ4v) is 3.46. The highest BCUT2D eigenvalue weighted by molar-refractivity contribution is 7.91. The maximum absolute atomic E-state index is 11.6. The van der Waals surface area contributed by atoms with Crippen LogP contribution in [0.3, 0.4) is 0 Å². The first-order valence-corrected chi connectivity index (χ1v) is 8.25. The molecular weight excluding hydrogens is 290 g/mol. The highest BCUT2D eigenvalue weighted by atomic mass is 35.5. The fraction of sp³-hybridized carbons (Fsp3) is 0.636. The van der Waals surface area contributed by atoms with Crippen LogP contribution in [0, 0.1) is 11.3 Å². The Kier molecular flexibility index (Phi) is 6.12. The lowest BCUT2D eigenvalue weighted by atomic mass is 10.2. The summed E-state index contributed by atoms with van der Waals surface area (Å²) in [5.41, 5.74) is -0.0705. The van der Waals surface area contributed by atoms with Crippen molar-refractivity contribution in [3.8, 4) is 6.07 Å². The van der Waals surface area contributed by atoms with E-state index in [1.807, 2.05) is 0 Å². The Hall–Kier alpha value is -1.26. The Balaban J connectivity index is 2.49. The third kappa shape index (κ3) is 5.49. The van der Waals surface area contributed by atoms with Crippen LogP contribution in [0.15, 0.2) is 11.8 Å². The molecule has 1 aliphatic heterocycles. The number of rotatable bonds is 6. The van der Waals surface area contributed by atoms with E-state index in [1.54, 1.807) is 6.07 Å². The summed E-state index contributed by atoms with van der Waals surface area (Å²) in [6, 6.07) is 1.55. The predicted octanol–water partition coefficient (Wildman–Crippen LogP) is -0.0843. The normalized spacial score (nSPS) is 21.7. The van der Waals surface area contributed by atoms with Crippen LogP contribution in [0.4, 0.5) is 0 Å². The lowest BCUT2D eigenvalue weighted by molar-refractivity contribution is -0.117. The number of amides is 1. The van der Waals surface area contributed by atoms with Gasteiger partial charge in [0.15, 0.2) is 9.84 Å². The molecule has 0 aromatic rings. The van der Waals surface area contributed by atoms with Crippen molar-refractivity contribution in [1.82, 2.24) is 10.6 Å². The summed E-state index contributed by atoms with van der Waals surface area (Å²) in [7, 11) is -2.98. The van der Waals surface area contributed by atoms with Gasteiger partial charge in [-0.05, 0) is 12.8 Å². The van der Waals surface area contributed by atoms with Crippen LogP contribution in [-0.4, -0.2) is 44.3 Å². The Morgan fingerprint density at radius 1 is 1.53 bits per heavy atom. The first-order chi connectivity index (χ1) is 8.98. The highest BCUT2D eigenvalue weighted by Gasteiger charge is 2.27. The molecule has 8 heteroatoms. The second-order valence-corrected chi connectivity index (χ2v) is 6.84. The summed E-state index contributed by atoms with van der Waals surface area (Å²) in [5.74, 6) is 0.128. The van der Waals surface area contributed by atoms with E-state index in [4.69, 9.17) is 16.9 Å². The molecule has 1 amide bonds. The van der Waals surface area contributed by atoms with Crippen LogP contribution in [-0.2, 0) is 14.6 Å². The van der Waals surface area contributed by atoms with Gasteiger partial charge in [-0.25, -0.2) is 8.42 Å². The number of nitriles is 1. The molecule has 0 spiro atoms. The molecule has 0 aromatic carbocycles. The van der Waals surface area contributed by atoms with Gasteiger partial charge in [0.1, 0.15) is 11.6 Å². The van der Waals surface area contributed by atoms with Gasteiger partial charge < -0.3 is 10.6 Å². The molecule has 1 rings (SSSR count). The number of carbonyl (C=O) groups excluding carboxylic acids is 1. The van der Waals surface area contributed by atoms with Crippen LogP contribution >= 0.6 is 11.6 Å². The van der Waals surface area contributed by atoms with E-state index in [1.165, 1.54) is 6.20 Å². The van der Waals surface area contributed by atoms with E-state index in [0.717, 1.165) is 0 Å². The van der Waals surface area contributed by atoms with E-state index >= 15 is 0 Å². The highest BCUT2D eigenvalue weighted by Crippen LogP contribution is 2.11. The largest absolute Gasteiger partial charge is 0.386 e. The van der Waals surface area contributed by atoms with E-state index in [0.29, 0.717) is 25.3 Å². The summed E-state index contributed by atoms with van der Waals surface area (Å²) in [4.78, 5) is 11.6. The molecule has 1 saturated heterocycles. The zero-order chi connectivity index (χ0) is 14.3. The SMILES string of the molecule is N#C/C(=C/NC1CCS(=O)(=O)C1)C(=O)NCCCCl. The number of carbonyl (C=O) groups is 1. The molecular formula is C11H16ClN3O3S. The molecule has 0 bridgehead atoms. The molecule has 2 N–H and O–H groups in total. The monoisotopic (exact) mass is 305 g/mol. The first kappa shape index (κ1) is 15.8. The quantitative estimate of drug-likeness (QED) is 0.309.